The van der Waals surface area contributed by atoms with E-state index >= 15 is 0 Å². The summed E-state index contributed by atoms with van der Waals surface area (Å²) in [6.07, 6.45) is -4.34. The highest BCUT2D eigenvalue weighted by Gasteiger charge is 2.30. The summed E-state index contributed by atoms with van der Waals surface area (Å²) in [4.78, 5) is 11.1. The molecule has 0 aromatic heterocycles. The number of rotatable bonds is 1. The molecule has 6 heteroatoms. The molecule has 0 aliphatic carbocycles. The number of hydrogen-bond donors (Lipinski definition) is 1. The van der Waals surface area contributed by atoms with Crippen molar-refractivity contribution in [2.75, 3.05) is 13.2 Å². The molecule has 1 aromatic rings. The SMILES string of the molecule is O=C1COC[C@H](c2ccc(C(F)(F)F)cc2)N1. The van der Waals surface area contributed by atoms with E-state index in [0.29, 0.717) is 5.56 Å². The molecule has 1 aromatic carbocycles. The van der Waals surface area contributed by atoms with Gasteiger partial charge in [-0.15, -0.1) is 0 Å². The van der Waals surface area contributed by atoms with Crippen LogP contribution < -0.4 is 5.32 Å². The number of hydrogen-bond acceptors (Lipinski definition) is 2. The van der Waals surface area contributed by atoms with Gasteiger partial charge in [0.1, 0.15) is 6.61 Å². The molecule has 1 fully saturated rings. The number of alkyl halides is 3. The van der Waals surface area contributed by atoms with Gasteiger partial charge in [0.15, 0.2) is 0 Å². The number of ether oxygens (including phenoxy) is 1. The van der Waals surface area contributed by atoms with Crippen molar-refractivity contribution in [1.29, 1.82) is 0 Å². The summed E-state index contributed by atoms with van der Waals surface area (Å²) < 4.78 is 42.0. The Labute approximate surface area is 95.6 Å². The Morgan fingerprint density at radius 3 is 2.41 bits per heavy atom. The summed E-state index contributed by atoms with van der Waals surface area (Å²) in [7, 11) is 0. The van der Waals surface area contributed by atoms with Gasteiger partial charge in [-0.2, -0.15) is 13.2 Å². The van der Waals surface area contributed by atoms with E-state index in [0.717, 1.165) is 12.1 Å². The second kappa shape index (κ2) is 4.37. The van der Waals surface area contributed by atoms with Crippen molar-refractivity contribution in [2.24, 2.45) is 0 Å². The summed E-state index contributed by atoms with van der Waals surface area (Å²) in [6, 6.07) is 4.32. The fraction of sp³-hybridized carbons (Fsp3) is 0.364. The van der Waals surface area contributed by atoms with E-state index in [-0.39, 0.29) is 25.2 Å². The van der Waals surface area contributed by atoms with Crippen molar-refractivity contribution in [3.63, 3.8) is 0 Å². The van der Waals surface area contributed by atoms with Crippen molar-refractivity contribution < 1.29 is 22.7 Å². The van der Waals surface area contributed by atoms with Crippen LogP contribution in [0.5, 0.6) is 0 Å². The third-order valence-electron chi connectivity index (χ3n) is 2.49. The Balaban J connectivity index is 2.15. The summed E-state index contributed by atoms with van der Waals surface area (Å²) in [5.41, 5.74) is -0.102. The number of halogens is 3. The van der Waals surface area contributed by atoms with Crippen molar-refractivity contribution in [2.45, 2.75) is 12.2 Å². The lowest BCUT2D eigenvalue weighted by molar-refractivity contribution is -0.137. The van der Waals surface area contributed by atoms with E-state index in [9.17, 15) is 18.0 Å². The summed E-state index contributed by atoms with van der Waals surface area (Å²) in [5.74, 6) is -0.263. The first-order valence-corrected chi connectivity index (χ1v) is 5.01. The molecule has 3 nitrogen and oxygen atoms in total. The van der Waals surface area contributed by atoms with Gasteiger partial charge < -0.3 is 10.1 Å². The predicted molar refractivity (Wildman–Crippen MR) is 53.1 cm³/mol. The number of benzene rings is 1. The maximum absolute atomic E-state index is 12.3. The number of carbonyl (C=O) groups excluding carboxylic acids is 1. The fourth-order valence-electron chi connectivity index (χ4n) is 1.63. The van der Waals surface area contributed by atoms with E-state index in [2.05, 4.69) is 5.32 Å². The third kappa shape index (κ3) is 2.76. The Hall–Kier alpha value is -1.56. The zero-order chi connectivity index (χ0) is 12.5. The molecule has 0 saturated carbocycles. The molecule has 1 aliphatic heterocycles. The number of carbonyl (C=O) groups is 1. The highest BCUT2D eigenvalue weighted by atomic mass is 19.4. The first-order valence-electron chi connectivity index (χ1n) is 5.01. The minimum atomic E-state index is -4.34. The van der Waals surface area contributed by atoms with Crippen LogP contribution in [-0.2, 0) is 15.7 Å². The lowest BCUT2D eigenvalue weighted by atomic mass is 10.0. The molecule has 1 atom stereocenters. The molecule has 2 rings (SSSR count). The van der Waals surface area contributed by atoms with Crippen molar-refractivity contribution in [3.05, 3.63) is 35.4 Å². The van der Waals surface area contributed by atoms with Gasteiger partial charge in [0.05, 0.1) is 18.2 Å². The van der Waals surface area contributed by atoms with Gasteiger partial charge in [0.2, 0.25) is 5.91 Å². The van der Waals surface area contributed by atoms with E-state index in [1.807, 2.05) is 0 Å². The third-order valence-corrected chi connectivity index (χ3v) is 2.49. The quantitative estimate of drug-likeness (QED) is 0.820. The maximum Gasteiger partial charge on any atom is 0.416 e. The van der Waals surface area contributed by atoms with Gasteiger partial charge >= 0.3 is 6.18 Å². The molecule has 92 valence electrons. The first-order chi connectivity index (χ1) is 7.97. The van der Waals surface area contributed by atoms with Gasteiger partial charge in [0, 0.05) is 0 Å². The summed E-state index contributed by atoms with van der Waals surface area (Å²) in [6.45, 7) is 0.272. The van der Waals surface area contributed by atoms with Crippen LogP contribution >= 0.6 is 0 Å². The fourth-order valence-corrected chi connectivity index (χ4v) is 1.63. The summed E-state index contributed by atoms with van der Waals surface area (Å²) in [5, 5.41) is 2.65. The zero-order valence-corrected chi connectivity index (χ0v) is 8.75. The van der Waals surface area contributed by atoms with Crippen LogP contribution in [0.1, 0.15) is 17.2 Å². The maximum atomic E-state index is 12.3. The molecule has 1 amide bonds. The largest absolute Gasteiger partial charge is 0.416 e. The first kappa shape index (κ1) is 11.9. The average molecular weight is 245 g/mol. The predicted octanol–water partition coefficient (Wildman–Crippen LogP) is 1.89. The average Bonchev–Trinajstić information content (AvgIpc) is 2.28. The van der Waals surface area contributed by atoms with Crippen LogP contribution in [-0.4, -0.2) is 19.1 Å². The molecule has 0 bridgehead atoms. The highest BCUT2D eigenvalue weighted by Crippen LogP contribution is 2.30. The van der Waals surface area contributed by atoms with Crippen molar-refractivity contribution in [3.8, 4) is 0 Å². The molecular formula is C11H10F3NO2. The van der Waals surface area contributed by atoms with Crippen molar-refractivity contribution in [1.82, 2.24) is 5.32 Å². The lowest BCUT2D eigenvalue weighted by Crippen LogP contribution is -2.39. The van der Waals surface area contributed by atoms with Gasteiger partial charge in [-0.25, -0.2) is 0 Å². The molecule has 1 N–H and O–H groups in total. The Bertz CT molecular complexity index is 414. The van der Waals surface area contributed by atoms with Crippen LogP contribution in [0, 0.1) is 0 Å². The van der Waals surface area contributed by atoms with Crippen molar-refractivity contribution >= 4 is 5.91 Å². The molecule has 0 spiro atoms. The Morgan fingerprint density at radius 1 is 1.24 bits per heavy atom. The van der Waals surface area contributed by atoms with Gasteiger partial charge in [-0.05, 0) is 17.7 Å². The van der Waals surface area contributed by atoms with Crippen LogP contribution in [0.2, 0.25) is 0 Å². The van der Waals surface area contributed by atoms with Crippen LogP contribution in [0.25, 0.3) is 0 Å². The second-order valence-corrected chi connectivity index (χ2v) is 3.75. The normalized spacial score (nSPS) is 21.1. The number of morpholine rings is 1. The molecule has 1 heterocycles. The van der Waals surface area contributed by atoms with Crippen LogP contribution in [0.3, 0.4) is 0 Å². The number of amides is 1. The van der Waals surface area contributed by atoms with Gasteiger partial charge in [-0.1, -0.05) is 12.1 Å². The second-order valence-electron chi connectivity index (χ2n) is 3.75. The topological polar surface area (TPSA) is 38.3 Å². The minimum Gasteiger partial charge on any atom is -0.369 e. The molecule has 0 radical (unpaired) electrons. The van der Waals surface area contributed by atoms with Crippen LogP contribution in [0.15, 0.2) is 24.3 Å². The lowest BCUT2D eigenvalue weighted by Gasteiger charge is -2.24. The summed E-state index contributed by atoms with van der Waals surface area (Å²) >= 11 is 0. The molecule has 1 saturated heterocycles. The smallest absolute Gasteiger partial charge is 0.369 e. The molecular weight excluding hydrogens is 235 g/mol. The Kier molecular flexibility index (Phi) is 3.06. The highest BCUT2D eigenvalue weighted by molar-refractivity contribution is 5.78. The molecule has 17 heavy (non-hydrogen) atoms. The van der Waals surface area contributed by atoms with E-state index in [1.165, 1.54) is 12.1 Å². The molecule has 1 aliphatic rings. The van der Waals surface area contributed by atoms with E-state index in [1.54, 1.807) is 0 Å². The number of nitrogens with one attached hydrogen (secondary N) is 1. The van der Waals surface area contributed by atoms with E-state index in [4.69, 9.17) is 4.74 Å². The van der Waals surface area contributed by atoms with Crippen LogP contribution in [0.4, 0.5) is 13.2 Å². The zero-order valence-electron chi connectivity index (χ0n) is 8.75. The molecule has 0 unspecified atom stereocenters. The van der Waals surface area contributed by atoms with Gasteiger partial charge in [-0.3, -0.25) is 4.79 Å². The monoisotopic (exact) mass is 245 g/mol. The standard InChI is InChI=1S/C11H10F3NO2/c12-11(13,14)8-3-1-7(2-4-8)9-5-17-6-10(16)15-9/h1-4,9H,5-6H2,(H,15,16)/t9-/m1/s1. The Morgan fingerprint density at radius 2 is 1.88 bits per heavy atom. The minimum absolute atomic E-state index is 0.00284. The van der Waals surface area contributed by atoms with Gasteiger partial charge in [0.25, 0.3) is 0 Å². The van der Waals surface area contributed by atoms with E-state index < -0.39 is 11.7 Å².